The highest BCUT2D eigenvalue weighted by Gasteiger charge is 2.26. The molecule has 0 amide bonds. The summed E-state index contributed by atoms with van der Waals surface area (Å²) in [6.07, 6.45) is -0.379. The number of amidine groups is 1. The average Bonchev–Trinajstić information content (AvgIpc) is 3.81. The second-order valence-electron chi connectivity index (χ2n) is 14.0. The van der Waals surface area contributed by atoms with Crippen molar-refractivity contribution >= 4 is 60.5 Å². The number of hydrogen-bond acceptors (Lipinski definition) is 5. The molecule has 2 unspecified atom stereocenters. The minimum atomic E-state index is -0.268. The lowest BCUT2D eigenvalue weighted by Crippen LogP contribution is -2.44. The molecule has 8 aromatic carbocycles. The van der Waals surface area contributed by atoms with Crippen molar-refractivity contribution in [2.45, 2.75) is 12.3 Å². The molecule has 0 fully saturated rings. The summed E-state index contributed by atoms with van der Waals surface area (Å²) < 4.78 is 13.4. The number of nitrogens with zero attached hydrogens (tertiary/aromatic N) is 1. The van der Waals surface area contributed by atoms with Crippen LogP contribution in [0.2, 0.25) is 0 Å². The van der Waals surface area contributed by atoms with E-state index in [1.54, 1.807) is 0 Å². The highest BCUT2D eigenvalue weighted by Crippen LogP contribution is 2.44. The Kier molecular flexibility index (Phi) is 7.00. The molecule has 256 valence electrons. The minimum Gasteiger partial charge on any atom is -0.456 e. The Bertz CT molecular complexity index is 3070. The Labute approximate surface area is 311 Å². The van der Waals surface area contributed by atoms with E-state index in [-0.39, 0.29) is 12.3 Å². The number of aliphatic imine (C=N–C) groups is 1. The van der Waals surface area contributed by atoms with Crippen molar-refractivity contribution in [2.75, 3.05) is 0 Å². The monoisotopic (exact) mass is 695 g/mol. The standard InChI is InChI=1S/C49H33N3O2/c1-3-13-30(14-4-1)47-50-48(31-15-5-2-6-16-31)52-49(51-47)35-20-9-19-34(27-35)36-21-10-24-39-40-25-11-23-38(46(40)54-45(36)39)37-22-12-26-42-44(37)41-28-32-17-7-8-18-33(32)29-43(41)53-42/h1-29,47,49,51H,(H,50,52). The molecule has 3 heterocycles. The van der Waals surface area contributed by atoms with E-state index >= 15 is 0 Å². The van der Waals surface area contributed by atoms with Gasteiger partial charge in [-0.3, -0.25) is 5.32 Å². The third-order valence-electron chi connectivity index (χ3n) is 10.7. The van der Waals surface area contributed by atoms with Crippen LogP contribution in [0.1, 0.15) is 29.0 Å². The van der Waals surface area contributed by atoms with Crippen molar-refractivity contribution in [1.29, 1.82) is 0 Å². The van der Waals surface area contributed by atoms with E-state index in [4.69, 9.17) is 13.8 Å². The summed E-state index contributed by atoms with van der Waals surface area (Å²) in [6.45, 7) is 0. The summed E-state index contributed by atoms with van der Waals surface area (Å²) in [5.74, 6) is 0.860. The lowest BCUT2D eigenvalue weighted by molar-refractivity contribution is 0.409. The molecule has 5 nitrogen and oxygen atoms in total. The van der Waals surface area contributed by atoms with Gasteiger partial charge in [0.15, 0.2) is 0 Å². The van der Waals surface area contributed by atoms with Crippen molar-refractivity contribution in [3.8, 4) is 22.3 Å². The zero-order valence-corrected chi connectivity index (χ0v) is 29.2. The van der Waals surface area contributed by atoms with Crippen LogP contribution >= 0.6 is 0 Å². The maximum Gasteiger partial charge on any atom is 0.143 e. The van der Waals surface area contributed by atoms with Gasteiger partial charge in [0.1, 0.15) is 40.5 Å². The second kappa shape index (κ2) is 12.3. The fourth-order valence-corrected chi connectivity index (χ4v) is 8.16. The molecule has 2 aromatic heterocycles. The zero-order chi connectivity index (χ0) is 35.6. The molecular formula is C49H33N3O2. The van der Waals surface area contributed by atoms with Crippen molar-refractivity contribution < 1.29 is 8.83 Å². The van der Waals surface area contributed by atoms with E-state index in [0.717, 1.165) is 94.0 Å². The van der Waals surface area contributed by atoms with Gasteiger partial charge in [-0.1, -0.05) is 152 Å². The average molecular weight is 696 g/mol. The molecule has 0 saturated carbocycles. The molecule has 0 spiro atoms. The number of hydrogen-bond donors (Lipinski definition) is 2. The first-order valence-electron chi connectivity index (χ1n) is 18.3. The summed E-state index contributed by atoms with van der Waals surface area (Å²) >= 11 is 0. The molecule has 10 aromatic rings. The first kappa shape index (κ1) is 30.7. The Balaban J connectivity index is 1.04. The molecule has 2 atom stereocenters. The van der Waals surface area contributed by atoms with Crippen LogP contribution in [0.4, 0.5) is 0 Å². The maximum absolute atomic E-state index is 6.98. The first-order chi connectivity index (χ1) is 26.7. The lowest BCUT2D eigenvalue weighted by atomic mass is 9.96. The summed E-state index contributed by atoms with van der Waals surface area (Å²) in [4.78, 5) is 5.20. The highest BCUT2D eigenvalue weighted by atomic mass is 16.3. The fraction of sp³-hybridized carbons (Fsp3) is 0.0408. The molecule has 0 aliphatic carbocycles. The smallest absolute Gasteiger partial charge is 0.143 e. The molecule has 5 heteroatoms. The van der Waals surface area contributed by atoms with Gasteiger partial charge in [-0.05, 0) is 57.3 Å². The minimum absolute atomic E-state index is 0.111. The number of benzene rings is 8. The first-order valence-corrected chi connectivity index (χ1v) is 18.3. The van der Waals surface area contributed by atoms with Gasteiger partial charge in [0.2, 0.25) is 0 Å². The van der Waals surface area contributed by atoms with Gasteiger partial charge >= 0.3 is 0 Å². The molecule has 0 bridgehead atoms. The lowest BCUT2D eigenvalue weighted by Gasteiger charge is -2.32. The van der Waals surface area contributed by atoms with Crippen LogP contribution in [0.3, 0.4) is 0 Å². The van der Waals surface area contributed by atoms with Gasteiger partial charge in [0.05, 0.1) is 0 Å². The number of nitrogens with one attached hydrogen (secondary N) is 2. The largest absolute Gasteiger partial charge is 0.456 e. The molecule has 2 N–H and O–H groups in total. The van der Waals surface area contributed by atoms with E-state index in [1.807, 2.05) is 24.3 Å². The Hall–Kier alpha value is -6.95. The Morgan fingerprint density at radius 2 is 1.07 bits per heavy atom. The van der Waals surface area contributed by atoms with Gasteiger partial charge in [-0.25, -0.2) is 4.99 Å². The van der Waals surface area contributed by atoms with Gasteiger partial charge < -0.3 is 14.2 Å². The van der Waals surface area contributed by atoms with Crippen LogP contribution in [-0.2, 0) is 0 Å². The maximum atomic E-state index is 6.98. The molecule has 0 radical (unpaired) electrons. The van der Waals surface area contributed by atoms with Crippen LogP contribution in [-0.4, -0.2) is 5.84 Å². The van der Waals surface area contributed by atoms with Crippen molar-refractivity contribution in [2.24, 2.45) is 4.99 Å². The second-order valence-corrected chi connectivity index (χ2v) is 14.0. The van der Waals surface area contributed by atoms with Gasteiger partial charge in [0, 0.05) is 38.2 Å². The molecule has 1 aliphatic rings. The Morgan fingerprint density at radius 1 is 0.444 bits per heavy atom. The van der Waals surface area contributed by atoms with Crippen LogP contribution in [0, 0.1) is 0 Å². The quantitative estimate of drug-likeness (QED) is 0.188. The molecule has 1 aliphatic heterocycles. The zero-order valence-electron chi connectivity index (χ0n) is 29.2. The van der Waals surface area contributed by atoms with Gasteiger partial charge in [0.25, 0.3) is 0 Å². The van der Waals surface area contributed by atoms with E-state index in [9.17, 15) is 0 Å². The molecular weight excluding hydrogens is 663 g/mol. The third-order valence-corrected chi connectivity index (χ3v) is 10.7. The predicted octanol–water partition coefficient (Wildman–Crippen LogP) is 12.3. The highest BCUT2D eigenvalue weighted by molar-refractivity contribution is 6.19. The van der Waals surface area contributed by atoms with Crippen molar-refractivity contribution in [1.82, 2.24) is 10.6 Å². The fourth-order valence-electron chi connectivity index (χ4n) is 8.16. The van der Waals surface area contributed by atoms with E-state index in [2.05, 4.69) is 162 Å². The number of rotatable bonds is 5. The summed E-state index contributed by atoms with van der Waals surface area (Å²) in [7, 11) is 0. The van der Waals surface area contributed by atoms with Crippen LogP contribution in [0.5, 0.6) is 0 Å². The number of furan rings is 2. The summed E-state index contributed by atoms with van der Waals surface area (Å²) in [6, 6.07) is 61.5. The third kappa shape index (κ3) is 5.01. The summed E-state index contributed by atoms with van der Waals surface area (Å²) in [5, 5.41) is 14.1. The summed E-state index contributed by atoms with van der Waals surface area (Å²) in [5.41, 5.74) is 11.0. The van der Waals surface area contributed by atoms with Crippen molar-refractivity contribution in [3.63, 3.8) is 0 Å². The topological polar surface area (TPSA) is 62.7 Å². The van der Waals surface area contributed by atoms with Gasteiger partial charge in [-0.15, -0.1) is 0 Å². The molecule has 0 saturated heterocycles. The molecule has 54 heavy (non-hydrogen) atoms. The van der Waals surface area contributed by atoms with Gasteiger partial charge in [-0.2, -0.15) is 0 Å². The molecule has 11 rings (SSSR count). The SMILES string of the molecule is c1ccc(C2=NC(c3cccc(-c4cccc5c4oc4c(-c6cccc7oc8cc9ccccc9cc8c67)cccc45)c3)NC(c3ccccc3)N2)cc1. The predicted molar refractivity (Wildman–Crippen MR) is 221 cm³/mol. The van der Waals surface area contributed by atoms with Crippen LogP contribution in [0.25, 0.3) is 76.9 Å². The van der Waals surface area contributed by atoms with Crippen LogP contribution < -0.4 is 10.6 Å². The number of para-hydroxylation sites is 2. The van der Waals surface area contributed by atoms with Crippen LogP contribution in [0.15, 0.2) is 190 Å². The van der Waals surface area contributed by atoms with E-state index in [1.165, 1.54) is 5.39 Å². The van der Waals surface area contributed by atoms with E-state index < -0.39 is 0 Å². The van der Waals surface area contributed by atoms with E-state index in [0.29, 0.717) is 0 Å². The normalized spacial score (nSPS) is 16.0. The Morgan fingerprint density at radius 3 is 1.89 bits per heavy atom. The number of fused-ring (bicyclic) bond motifs is 7. The van der Waals surface area contributed by atoms with Crippen molar-refractivity contribution in [3.05, 3.63) is 193 Å².